The van der Waals surface area contributed by atoms with Gasteiger partial charge in [0.15, 0.2) is 0 Å². The Morgan fingerprint density at radius 1 is 1.06 bits per heavy atom. The second-order valence-corrected chi connectivity index (χ2v) is 7.03. The van der Waals surface area contributed by atoms with Gasteiger partial charge in [-0.1, -0.05) is 31.2 Å². The van der Waals surface area contributed by atoms with Crippen molar-refractivity contribution in [3.63, 3.8) is 0 Å². The standard InChI is InChI=1S/C23H27N3O5/c1-3-30-15-31-14-21(12-16(2)22(27)26-29)25-23(28)20-10-8-19(9-11-20)18-6-4-17(13-24)5-7-18/h4-11,16,21,29H,3,12,14-15H2,1-2H3,(H,25,28)(H,26,27). The molecule has 0 aliphatic heterocycles. The molecule has 0 saturated heterocycles. The number of nitriles is 1. The molecule has 2 aromatic rings. The summed E-state index contributed by atoms with van der Waals surface area (Å²) in [5, 5.41) is 20.6. The molecule has 0 spiro atoms. The molecule has 2 atom stereocenters. The molecule has 0 radical (unpaired) electrons. The zero-order chi connectivity index (χ0) is 22.6. The lowest BCUT2D eigenvalue weighted by molar-refractivity contribution is -0.133. The predicted octanol–water partition coefficient (Wildman–Crippen LogP) is 2.87. The molecule has 0 aliphatic carbocycles. The van der Waals surface area contributed by atoms with Gasteiger partial charge >= 0.3 is 0 Å². The van der Waals surface area contributed by atoms with Crippen molar-refractivity contribution in [3.8, 4) is 17.2 Å². The molecule has 31 heavy (non-hydrogen) atoms. The van der Waals surface area contributed by atoms with E-state index >= 15 is 0 Å². The van der Waals surface area contributed by atoms with Crippen molar-refractivity contribution in [2.75, 3.05) is 20.0 Å². The molecule has 0 aromatic heterocycles. The largest absolute Gasteiger partial charge is 0.356 e. The molecule has 0 aliphatic rings. The fraction of sp³-hybridized carbons (Fsp3) is 0.348. The SMILES string of the molecule is CCOCOCC(CC(C)C(=O)NO)NC(=O)c1ccc(-c2ccc(C#N)cc2)cc1. The first-order valence-corrected chi connectivity index (χ1v) is 9.99. The van der Waals surface area contributed by atoms with E-state index in [-0.39, 0.29) is 25.7 Å². The highest BCUT2D eigenvalue weighted by molar-refractivity contribution is 5.95. The van der Waals surface area contributed by atoms with Crippen LogP contribution in [-0.2, 0) is 14.3 Å². The Balaban J connectivity index is 2.04. The Kier molecular flexibility index (Phi) is 9.65. The second kappa shape index (κ2) is 12.4. The number of hydrogen-bond donors (Lipinski definition) is 3. The van der Waals surface area contributed by atoms with Crippen LogP contribution in [0, 0.1) is 17.2 Å². The Bertz CT molecular complexity index is 891. The average Bonchev–Trinajstić information content (AvgIpc) is 2.81. The van der Waals surface area contributed by atoms with Gasteiger partial charge in [0.1, 0.15) is 6.79 Å². The van der Waals surface area contributed by atoms with Crippen molar-refractivity contribution in [2.45, 2.75) is 26.3 Å². The molecule has 8 heteroatoms. The highest BCUT2D eigenvalue weighted by Gasteiger charge is 2.21. The normalized spacial score (nSPS) is 12.5. The molecule has 2 unspecified atom stereocenters. The molecule has 8 nitrogen and oxygen atoms in total. The lowest BCUT2D eigenvalue weighted by Gasteiger charge is -2.21. The number of amides is 2. The fourth-order valence-corrected chi connectivity index (χ4v) is 2.97. The predicted molar refractivity (Wildman–Crippen MR) is 114 cm³/mol. The molecular weight excluding hydrogens is 398 g/mol. The van der Waals surface area contributed by atoms with Crippen LogP contribution in [-0.4, -0.2) is 43.1 Å². The topological polar surface area (TPSA) is 121 Å². The molecule has 2 aromatic carbocycles. The molecule has 0 heterocycles. The summed E-state index contributed by atoms with van der Waals surface area (Å²) in [6.07, 6.45) is 0.285. The summed E-state index contributed by atoms with van der Waals surface area (Å²) in [6, 6.07) is 15.9. The highest BCUT2D eigenvalue weighted by atomic mass is 16.7. The van der Waals surface area contributed by atoms with Gasteiger partial charge in [-0.15, -0.1) is 0 Å². The van der Waals surface area contributed by atoms with Crippen LogP contribution >= 0.6 is 0 Å². The maximum atomic E-state index is 12.7. The van der Waals surface area contributed by atoms with Gasteiger partial charge in [0.05, 0.1) is 24.3 Å². The van der Waals surface area contributed by atoms with Crippen molar-refractivity contribution in [1.29, 1.82) is 5.26 Å². The van der Waals surface area contributed by atoms with E-state index in [1.165, 1.54) is 0 Å². The van der Waals surface area contributed by atoms with Gasteiger partial charge in [-0.3, -0.25) is 14.8 Å². The minimum Gasteiger partial charge on any atom is -0.356 e. The van der Waals surface area contributed by atoms with E-state index in [0.717, 1.165) is 11.1 Å². The number of carbonyl (C=O) groups is 2. The number of hydrogen-bond acceptors (Lipinski definition) is 6. The van der Waals surface area contributed by atoms with Crippen LogP contribution in [0.4, 0.5) is 0 Å². The molecule has 164 valence electrons. The monoisotopic (exact) mass is 425 g/mol. The first-order chi connectivity index (χ1) is 15.0. The van der Waals surface area contributed by atoms with Crippen LogP contribution in [0.15, 0.2) is 48.5 Å². The Labute approximate surface area is 181 Å². The lowest BCUT2D eigenvalue weighted by atomic mass is 10.0. The van der Waals surface area contributed by atoms with Gasteiger partial charge in [-0.05, 0) is 48.7 Å². The number of rotatable bonds is 11. The van der Waals surface area contributed by atoms with E-state index in [9.17, 15) is 9.59 Å². The van der Waals surface area contributed by atoms with Crippen molar-refractivity contribution < 1.29 is 24.3 Å². The van der Waals surface area contributed by atoms with Crippen molar-refractivity contribution in [1.82, 2.24) is 10.8 Å². The first-order valence-electron chi connectivity index (χ1n) is 9.99. The summed E-state index contributed by atoms with van der Waals surface area (Å²) in [5.41, 5.74) is 4.54. The van der Waals surface area contributed by atoms with E-state index in [0.29, 0.717) is 17.7 Å². The van der Waals surface area contributed by atoms with Gasteiger partial charge in [0.25, 0.3) is 5.91 Å². The minimum absolute atomic E-state index is 0.0860. The third-order valence-electron chi connectivity index (χ3n) is 4.72. The lowest BCUT2D eigenvalue weighted by Crippen LogP contribution is -2.41. The van der Waals surface area contributed by atoms with E-state index in [1.807, 2.05) is 31.2 Å². The van der Waals surface area contributed by atoms with E-state index < -0.39 is 17.9 Å². The molecule has 0 saturated carbocycles. The highest BCUT2D eigenvalue weighted by Crippen LogP contribution is 2.20. The minimum atomic E-state index is -0.532. The average molecular weight is 425 g/mol. The maximum absolute atomic E-state index is 12.7. The van der Waals surface area contributed by atoms with Gasteiger partial charge in [0.2, 0.25) is 5.91 Å². The zero-order valence-electron chi connectivity index (χ0n) is 17.6. The van der Waals surface area contributed by atoms with Crippen molar-refractivity contribution in [2.24, 2.45) is 5.92 Å². The smallest absolute Gasteiger partial charge is 0.251 e. The third kappa shape index (κ3) is 7.50. The molecule has 3 N–H and O–H groups in total. The van der Waals surface area contributed by atoms with Crippen LogP contribution in [0.2, 0.25) is 0 Å². The van der Waals surface area contributed by atoms with Crippen LogP contribution in [0.3, 0.4) is 0 Å². The van der Waals surface area contributed by atoms with Crippen molar-refractivity contribution >= 4 is 11.8 Å². The van der Waals surface area contributed by atoms with Crippen molar-refractivity contribution in [3.05, 3.63) is 59.7 Å². The van der Waals surface area contributed by atoms with E-state index in [1.54, 1.807) is 36.7 Å². The Hall–Kier alpha value is -3.25. The van der Waals surface area contributed by atoms with Gasteiger partial charge < -0.3 is 14.8 Å². The molecule has 0 fully saturated rings. The fourth-order valence-electron chi connectivity index (χ4n) is 2.97. The Morgan fingerprint density at radius 2 is 1.68 bits per heavy atom. The summed E-state index contributed by atoms with van der Waals surface area (Å²) < 4.78 is 10.6. The summed E-state index contributed by atoms with van der Waals surface area (Å²) in [7, 11) is 0. The molecule has 2 amide bonds. The van der Waals surface area contributed by atoms with Gasteiger partial charge in [-0.25, -0.2) is 5.48 Å². The number of benzene rings is 2. The number of ether oxygens (including phenoxy) is 2. The summed E-state index contributed by atoms with van der Waals surface area (Å²) in [6.45, 7) is 4.25. The van der Waals surface area contributed by atoms with Crippen LogP contribution in [0.5, 0.6) is 0 Å². The Morgan fingerprint density at radius 3 is 2.23 bits per heavy atom. The zero-order valence-corrected chi connectivity index (χ0v) is 17.6. The maximum Gasteiger partial charge on any atom is 0.251 e. The van der Waals surface area contributed by atoms with Gasteiger partial charge in [0, 0.05) is 18.1 Å². The van der Waals surface area contributed by atoms with Crippen LogP contribution in [0.25, 0.3) is 11.1 Å². The summed E-state index contributed by atoms with van der Waals surface area (Å²) in [5.74, 6) is -1.35. The number of hydroxylamine groups is 1. The molecule has 0 bridgehead atoms. The van der Waals surface area contributed by atoms with Gasteiger partial charge in [-0.2, -0.15) is 5.26 Å². The number of carbonyl (C=O) groups excluding carboxylic acids is 2. The molecular formula is C23H27N3O5. The van der Waals surface area contributed by atoms with Crippen LogP contribution in [0.1, 0.15) is 36.2 Å². The van der Waals surface area contributed by atoms with Crippen LogP contribution < -0.4 is 10.8 Å². The second-order valence-electron chi connectivity index (χ2n) is 7.03. The third-order valence-corrected chi connectivity index (χ3v) is 4.72. The van der Waals surface area contributed by atoms with E-state index in [4.69, 9.17) is 19.9 Å². The number of nitrogens with one attached hydrogen (secondary N) is 2. The first kappa shape index (κ1) is 24.0. The number of nitrogens with zero attached hydrogens (tertiary/aromatic N) is 1. The molecule has 2 rings (SSSR count). The van der Waals surface area contributed by atoms with E-state index in [2.05, 4.69) is 11.4 Å². The summed E-state index contributed by atoms with van der Waals surface area (Å²) >= 11 is 0. The quantitative estimate of drug-likeness (QED) is 0.220. The summed E-state index contributed by atoms with van der Waals surface area (Å²) in [4.78, 5) is 24.3.